The highest BCUT2D eigenvalue weighted by molar-refractivity contribution is 7.09. The monoisotopic (exact) mass is 265 g/mol. The summed E-state index contributed by atoms with van der Waals surface area (Å²) in [5.74, 6) is 0.868. The van der Waals surface area contributed by atoms with Crippen LogP contribution < -0.4 is 11.1 Å². The molecule has 2 heterocycles. The van der Waals surface area contributed by atoms with Crippen LogP contribution in [-0.2, 0) is 13.5 Å². The predicted molar refractivity (Wildman–Crippen MR) is 75.9 cm³/mol. The van der Waals surface area contributed by atoms with Crippen molar-refractivity contribution in [2.24, 2.45) is 7.05 Å². The lowest BCUT2D eigenvalue weighted by atomic mass is 10.3. The molecule has 0 spiro atoms. The number of nitrogen functional groups attached to an aromatic ring is 1. The van der Waals surface area contributed by atoms with Crippen LogP contribution in [0.2, 0.25) is 0 Å². The third-order valence-electron chi connectivity index (χ3n) is 2.86. The first-order valence-corrected chi connectivity index (χ1v) is 6.90. The Balaban J connectivity index is 2.21. The number of thiazole rings is 1. The number of rotatable bonds is 4. The topological polar surface area (TPSA) is 68.8 Å². The highest BCUT2D eigenvalue weighted by Crippen LogP contribution is 2.27. The van der Waals surface area contributed by atoms with Crippen LogP contribution in [0.3, 0.4) is 0 Å². The van der Waals surface area contributed by atoms with Crippen molar-refractivity contribution in [3.8, 4) is 0 Å². The number of aryl methyl sites for hydroxylation is 3. The number of nitrogens with zero attached hydrogens (tertiary/aromatic N) is 3. The third-order valence-corrected chi connectivity index (χ3v) is 4.00. The van der Waals surface area contributed by atoms with Gasteiger partial charge in [-0.25, -0.2) is 4.98 Å². The van der Waals surface area contributed by atoms with Crippen molar-refractivity contribution in [1.29, 1.82) is 0 Å². The Morgan fingerprint density at radius 3 is 2.78 bits per heavy atom. The molecule has 18 heavy (non-hydrogen) atoms. The molecule has 0 aliphatic carbocycles. The summed E-state index contributed by atoms with van der Waals surface area (Å²) in [5, 5.41) is 10.9. The van der Waals surface area contributed by atoms with Crippen molar-refractivity contribution in [1.82, 2.24) is 14.8 Å². The SMILES string of the molecule is CCc1nn(C)c(NC(C)c2nc(C)cs2)c1N. The molecular formula is C12H19N5S. The van der Waals surface area contributed by atoms with Crippen molar-refractivity contribution in [3.05, 3.63) is 21.8 Å². The van der Waals surface area contributed by atoms with Crippen LogP contribution >= 0.6 is 11.3 Å². The normalized spacial score (nSPS) is 12.7. The maximum absolute atomic E-state index is 6.08. The van der Waals surface area contributed by atoms with Gasteiger partial charge in [-0.05, 0) is 20.3 Å². The number of nitrogens with two attached hydrogens (primary N) is 1. The molecule has 0 aliphatic rings. The van der Waals surface area contributed by atoms with Crippen LogP contribution in [0, 0.1) is 6.92 Å². The summed E-state index contributed by atoms with van der Waals surface area (Å²) in [6.45, 7) is 6.13. The fourth-order valence-corrected chi connectivity index (χ4v) is 2.67. The van der Waals surface area contributed by atoms with E-state index < -0.39 is 0 Å². The molecule has 0 fully saturated rings. The lowest BCUT2D eigenvalue weighted by Crippen LogP contribution is -2.11. The van der Waals surface area contributed by atoms with Gasteiger partial charge in [0.1, 0.15) is 10.8 Å². The van der Waals surface area contributed by atoms with Gasteiger partial charge in [-0.15, -0.1) is 11.3 Å². The van der Waals surface area contributed by atoms with E-state index in [4.69, 9.17) is 5.73 Å². The predicted octanol–water partition coefficient (Wildman–Crippen LogP) is 2.50. The van der Waals surface area contributed by atoms with Gasteiger partial charge in [0.15, 0.2) is 0 Å². The maximum atomic E-state index is 6.08. The number of anilines is 2. The largest absolute Gasteiger partial charge is 0.394 e. The van der Waals surface area contributed by atoms with Crippen LogP contribution in [0.15, 0.2) is 5.38 Å². The summed E-state index contributed by atoms with van der Waals surface area (Å²) in [6.07, 6.45) is 0.839. The van der Waals surface area contributed by atoms with E-state index >= 15 is 0 Å². The lowest BCUT2D eigenvalue weighted by molar-refractivity contribution is 0.733. The quantitative estimate of drug-likeness (QED) is 0.891. The molecule has 6 heteroatoms. The second-order valence-electron chi connectivity index (χ2n) is 4.38. The van der Waals surface area contributed by atoms with Gasteiger partial charge in [0.25, 0.3) is 0 Å². The van der Waals surface area contributed by atoms with E-state index in [0.717, 1.165) is 34.3 Å². The molecule has 0 aliphatic heterocycles. The van der Waals surface area contributed by atoms with E-state index in [2.05, 4.69) is 34.6 Å². The molecule has 2 aromatic rings. The summed E-state index contributed by atoms with van der Waals surface area (Å²) in [4.78, 5) is 4.48. The second kappa shape index (κ2) is 4.97. The lowest BCUT2D eigenvalue weighted by Gasteiger charge is -2.13. The summed E-state index contributed by atoms with van der Waals surface area (Å²) >= 11 is 1.66. The van der Waals surface area contributed by atoms with Gasteiger partial charge in [-0.2, -0.15) is 5.10 Å². The molecular weight excluding hydrogens is 246 g/mol. The fourth-order valence-electron chi connectivity index (χ4n) is 1.87. The minimum Gasteiger partial charge on any atom is -0.394 e. The summed E-state index contributed by atoms with van der Waals surface area (Å²) in [5.41, 5.74) is 8.80. The second-order valence-corrected chi connectivity index (χ2v) is 5.27. The Morgan fingerprint density at radius 2 is 2.28 bits per heavy atom. The molecule has 0 saturated heterocycles. The van der Waals surface area contributed by atoms with Gasteiger partial charge in [0.2, 0.25) is 0 Å². The van der Waals surface area contributed by atoms with Crippen LogP contribution in [0.1, 0.15) is 36.3 Å². The van der Waals surface area contributed by atoms with Crippen molar-refractivity contribution < 1.29 is 0 Å². The summed E-state index contributed by atoms with van der Waals surface area (Å²) < 4.78 is 1.80. The van der Waals surface area contributed by atoms with E-state index in [1.54, 1.807) is 16.0 Å². The Morgan fingerprint density at radius 1 is 1.56 bits per heavy atom. The van der Waals surface area contributed by atoms with E-state index in [0.29, 0.717) is 0 Å². The fraction of sp³-hybridized carbons (Fsp3) is 0.500. The zero-order chi connectivity index (χ0) is 13.3. The van der Waals surface area contributed by atoms with Crippen molar-refractivity contribution in [2.45, 2.75) is 33.2 Å². The molecule has 0 bridgehead atoms. The molecule has 0 aromatic carbocycles. The Hall–Kier alpha value is -1.56. The standard InChI is InChI=1S/C12H19N5S/c1-5-9-10(13)11(17(4)16-9)15-8(3)12-14-7(2)6-18-12/h6,8,15H,5,13H2,1-4H3. The first kappa shape index (κ1) is 12.9. The Kier molecular flexibility index (Phi) is 3.56. The number of aromatic nitrogens is 3. The third kappa shape index (κ3) is 2.33. The molecule has 0 saturated carbocycles. The first-order valence-electron chi connectivity index (χ1n) is 6.02. The van der Waals surface area contributed by atoms with Gasteiger partial charge in [-0.1, -0.05) is 6.92 Å². The molecule has 0 radical (unpaired) electrons. The average Bonchev–Trinajstić information content (AvgIpc) is 2.87. The molecule has 3 N–H and O–H groups in total. The van der Waals surface area contributed by atoms with Gasteiger partial charge >= 0.3 is 0 Å². The number of hydrogen-bond donors (Lipinski definition) is 2. The van der Waals surface area contributed by atoms with Crippen LogP contribution in [0.4, 0.5) is 11.5 Å². The molecule has 2 aromatic heterocycles. The van der Waals surface area contributed by atoms with Crippen molar-refractivity contribution in [2.75, 3.05) is 11.1 Å². The van der Waals surface area contributed by atoms with E-state index in [9.17, 15) is 0 Å². The minimum atomic E-state index is 0.131. The average molecular weight is 265 g/mol. The molecule has 5 nitrogen and oxygen atoms in total. The van der Waals surface area contributed by atoms with Gasteiger partial charge < -0.3 is 11.1 Å². The zero-order valence-corrected chi connectivity index (χ0v) is 12.0. The summed E-state index contributed by atoms with van der Waals surface area (Å²) in [7, 11) is 1.90. The molecule has 2 rings (SSSR count). The Labute approximate surface area is 111 Å². The van der Waals surface area contributed by atoms with Crippen LogP contribution in [0.5, 0.6) is 0 Å². The van der Waals surface area contributed by atoms with Crippen molar-refractivity contribution >= 4 is 22.8 Å². The van der Waals surface area contributed by atoms with E-state index in [1.165, 1.54) is 0 Å². The van der Waals surface area contributed by atoms with Crippen LogP contribution in [0.25, 0.3) is 0 Å². The Bertz CT molecular complexity index is 543. The highest BCUT2D eigenvalue weighted by Gasteiger charge is 2.16. The maximum Gasteiger partial charge on any atom is 0.148 e. The zero-order valence-electron chi connectivity index (χ0n) is 11.2. The van der Waals surface area contributed by atoms with E-state index in [1.807, 2.05) is 14.0 Å². The number of hydrogen-bond acceptors (Lipinski definition) is 5. The minimum absolute atomic E-state index is 0.131. The van der Waals surface area contributed by atoms with Crippen molar-refractivity contribution in [3.63, 3.8) is 0 Å². The first-order chi connectivity index (χ1) is 8.52. The number of nitrogens with one attached hydrogen (secondary N) is 1. The molecule has 1 atom stereocenters. The highest BCUT2D eigenvalue weighted by atomic mass is 32.1. The van der Waals surface area contributed by atoms with Gasteiger partial charge in [0.05, 0.1) is 17.4 Å². The molecule has 0 amide bonds. The smallest absolute Gasteiger partial charge is 0.148 e. The van der Waals surface area contributed by atoms with Gasteiger partial charge in [0, 0.05) is 18.1 Å². The molecule has 1 unspecified atom stereocenters. The summed E-state index contributed by atoms with van der Waals surface area (Å²) in [6, 6.07) is 0.131. The van der Waals surface area contributed by atoms with Gasteiger partial charge in [-0.3, -0.25) is 4.68 Å². The van der Waals surface area contributed by atoms with E-state index in [-0.39, 0.29) is 6.04 Å². The van der Waals surface area contributed by atoms with Crippen LogP contribution in [-0.4, -0.2) is 14.8 Å². The molecule has 98 valence electrons.